The van der Waals surface area contributed by atoms with Crippen LogP contribution in [0.5, 0.6) is 0 Å². The lowest BCUT2D eigenvalue weighted by molar-refractivity contribution is -0.00549. The molecule has 1 N–H and O–H groups in total. The predicted molar refractivity (Wildman–Crippen MR) is 162 cm³/mol. The molecule has 2 atom stereocenters. The summed E-state index contributed by atoms with van der Waals surface area (Å²) >= 11 is 0. The number of carbonyl (C=O) groups is 1. The third-order valence-corrected chi connectivity index (χ3v) is 12.8. The number of nitrogens with zero attached hydrogens (tertiary/aromatic N) is 2. The second-order valence-electron chi connectivity index (χ2n) is 11.8. The molecule has 2 heterocycles. The third-order valence-electron chi connectivity index (χ3n) is 7.80. The van der Waals surface area contributed by atoms with E-state index in [4.69, 9.17) is 13.7 Å². The highest BCUT2D eigenvalue weighted by molar-refractivity contribution is 6.99. The third kappa shape index (κ3) is 5.29. The molecule has 41 heavy (non-hydrogen) atoms. The van der Waals surface area contributed by atoms with E-state index in [0.29, 0.717) is 29.7 Å². The van der Waals surface area contributed by atoms with Crippen molar-refractivity contribution in [3.63, 3.8) is 0 Å². The molecule has 1 fully saturated rings. The Balaban J connectivity index is 1.70. The van der Waals surface area contributed by atoms with E-state index in [2.05, 4.69) is 55.5 Å². The molecule has 216 valence electrons. The van der Waals surface area contributed by atoms with Crippen molar-refractivity contribution in [1.82, 2.24) is 10.5 Å². The number of morpholine rings is 1. The highest BCUT2D eigenvalue weighted by atomic mass is 28.4. The number of anilines is 1. The van der Waals surface area contributed by atoms with Crippen molar-refractivity contribution in [2.45, 2.75) is 58.5 Å². The van der Waals surface area contributed by atoms with Crippen LogP contribution in [-0.4, -0.2) is 51.7 Å². The van der Waals surface area contributed by atoms with Crippen molar-refractivity contribution in [2.24, 2.45) is 0 Å². The monoisotopic (exact) mass is 575 g/mol. The van der Waals surface area contributed by atoms with Crippen molar-refractivity contribution in [1.29, 1.82) is 0 Å². The average molecular weight is 576 g/mol. The van der Waals surface area contributed by atoms with Gasteiger partial charge in [-0.25, -0.2) is 4.39 Å². The van der Waals surface area contributed by atoms with Crippen molar-refractivity contribution < 1.29 is 22.9 Å². The molecule has 0 bridgehead atoms. The molecule has 1 aliphatic rings. The standard InChI is InChI=1S/C32H38FN3O4Si/c1-21-18-36(19-22(2)39-21)29-23(17-26-28(31(37)34-6)35-40-30(26)27(29)33)20-38-41(32(3,4)5,24-13-9-7-10-14-24)25-15-11-8-12-16-25/h7-17,21-22H,18-20H2,1-6H3,(H,34,37)/t21-,22-/m1/s1. The summed E-state index contributed by atoms with van der Waals surface area (Å²) in [5, 5.41) is 8.82. The molecule has 1 saturated heterocycles. The van der Waals surface area contributed by atoms with Crippen LogP contribution in [-0.2, 0) is 15.8 Å². The van der Waals surface area contributed by atoms with Gasteiger partial charge in [-0.3, -0.25) is 4.79 Å². The van der Waals surface area contributed by atoms with Gasteiger partial charge in [-0.05, 0) is 35.3 Å². The summed E-state index contributed by atoms with van der Waals surface area (Å²) in [5.74, 6) is -0.990. The highest BCUT2D eigenvalue weighted by Gasteiger charge is 2.50. The van der Waals surface area contributed by atoms with E-state index >= 15 is 4.39 Å². The number of benzene rings is 3. The first-order chi connectivity index (χ1) is 19.6. The number of aromatic nitrogens is 1. The van der Waals surface area contributed by atoms with Gasteiger partial charge in [0.15, 0.2) is 11.5 Å². The molecule has 3 aromatic carbocycles. The van der Waals surface area contributed by atoms with Gasteiger partial charge >= 0.3 is 0 Å². The number of carbonyl (C=O) groups excluding carboxylic acids is 1. The van der Waals surface area contributed by atoms with Crippen LogP contribution in [0.15, 0.2) is 71.3 Å². The smallest absolute Gasteiger partial charge is 0.273 e. The molecule has 1 amide bonds. The van der Waals surface area contributed by atoms with Crippen LogP contribution in [0.4, 0.5) is 10.1 Å². The maximum absolute atomic E-state index is 16.5. The quantitative estimate of drug-likeness (QED) is 0.312. The van der Waals surface area contributed by atoms with Crippen LogP contribution in [0.25, 0.3) is 11.0 Å². The molecule has 5 rings (SSSR count). The lowest BCUT2D eigenvalue weighted by Crippen LogP contribution is -2.66. The van der Waals surface area contributed by atoms with Crippen LogP contribution in [0.3, 0.4) is 0 Å². The Kier molecular flexibility index (Phi) is 8.05. The van der Waals surface area contributed by atoms with Crippen molar-refractivity contribution >= 4 is 41.3 Å². The Hall–Kier alpha value is -3.53. The lowest BCUT2D eigenvalue weighted by atomic mass is 10.1. The molecule has 0 saturated carbocycles. The van der Waals surface area contributed by atoms with E-state index in [1.165, 1.54) is 7.05 Å². The van der Waals surface area contributed by atoms with Gasteiger partial charge < -0.3 is 23.9 Å². The van der Waals surface area contributed by atoms with Gasteiger partial charge in [-0.2, -0.15) is 0 Å². The van der Waals surface area contributed by atoms with Crippen molar-refractivity contribution in [2.75, 3.05) is 25.0 Å². The summed E-state index contributed by atoms with van der Waals surface area (Å²) < 4.78 is 35.0. The average Bonchev–Trinajstić information content (AvgIpc) is 3.37. The SMILES string of the molecule is CNC(=O)c1noc2c(F)c(N3C[C@@H](C)O[C@H](C)C3)c(CO[Si](c3ccccc3)(c3ccccc3)C(C)(C)C)cc12. The Labute approximate surface area is 241 Å². The van der Waals surface area contributed by atoms with E-state index < -0.39 is 20.0 Å². The van der Waals surface area contributed by atoms with E-state index in [1.54, 1.807) is 6.07 Å². The fourth-order valence-electron chi connectivity index (χ4n) is 6.12. The summed E-state index contributed by atoms with van der Waals surface area (Å²) in [6.07, 6.45) is -0.175. The molecule has 1 aliphatic heterocycles. The first-order valence-electron chi connectivity index (χ1n) is 14.0. The van der Waals surface area contributed by atoms with E-state index in [-0.39, 0.29) is 35.1 Å². The van der Waals surface area contributed by atoms with Crippen LogP contribution in [0.2, 0.25) is 5.04 Å². The summed E-state index contributed by atoms with van der Waals surface area (Å²) in [6.45, 7) is 11.7. The number of hydrogen-bond donors (Lipinski definition) is 1. The molecule has 1 aromatic heterocycles. The second-order valence-corrected chi connectivity index (χ2v) is 16.1. The molecule has 4 aromatic rings. The molecule has 0 unspecified atom stereocenters. The van der Waals surface area contributed by atoms with E-state index in [1.807, 2.05) is 55.1 Å². The first-order valence-corrected chi connectivity index (χ1v) is 16.0. The summed E-state index contributed by atoms with van der Waals surface area (Å²) in [5.41, 5.74) is 1.04. The van der Waals surface area contributed by atoms with Gasteiger partial charge in [0.1, 0.15) is 0 Å². The number of ether oxygens (including phenoxy) is 1. The molecule has 0 spiro atoms. The second kappa shape index (κ2) is 11.4. The number of rotatable bonds is 7. The summed E-state index contributed by atoms with van der Waals surface area (Å²) in [4.78, 5) is 14.6. The lowest BCUT2D eigenvalue weighted by Gasteiger charge is -2.43. The maximum Gasteiger partial charge on any atom is 0.273 e. The van der Waals surface area contributed by atoms with Crippen LogP contribution in [0.1, 0.15) is 50.7 Å². The fraction of sp³-hybridized carbons (Fsp3) is 0.375. The topological polar surface area (TPSA) is 76.8 Å². The molecular weight excluding hydrogens is 537 g/mol. The van der Waals surface area contributed by atoms with Crippen LogP contribution >= 0.6 is 0 Å². The Morgan fingerprint density at radius 1 is 1.05 bits per heavy atom. The van der Waals surface area contributed by atoms with E-state index in [9.17, 15) is 4.79 Å². The maximum atomic E-state index is 16.5. The normalized spacial score (nSPS) is 18.1. The van der Waals surface area contributed by atoms with Gasteiger partial charge in [-0.15, -0.1) is 0 Å². The zero-order valence-corrected chi connectivity index (χ0v) is 25.5. The minimum Gasteiger partial charge on any atom is -0.403 e. The predicted octanol–water partition coefficient (Wildman–Crippen LogP) is 5.02. The Bertz CT molecular complexity index is 1470. The molecule has 0 radical (unpaired) electrons. The molecular formula is C32H38FN3O4Si. The van der Waals surface area contributed by atoms with Gasteiger partial charge in [0.25, 0.3) is 14.2 Å². The number of hydrogen-bond acceptors (Lipinski definition) is 6. The fourth-order valence-corrected chi connectivity index (χ4v) is 10.7. The van der Waals surface area contributed by atoms with Gasteiger partial charge in [-0.1, -0.05) is 86.6 Å². The van der Waals surface area contributed by atoms with Gasteiger partial charge in [0.2, 0.25) is 5.58 Å². The van der Waals surface area contributed by atoms with Crippen LogP contribution < -0.4 is 20.6 Å². The van der Waals surface area contributed by atoms with Crippen molar-refractivity contribution in [3.05, 3.63) is 83.8 Å². The van der Waals surface area contributed by atoms with E-state index in [0.717, 1.165) is 10.4 Å². The Morgan fingerprint density at radius 2 is 1.61 bits per heavy atom. The number of nitrogens with one attached hydrogen (secondary N) is 1. The number of fused-ring (bicyclic) bond motifs is 1. The zero-order chi connectivity index (χ0) is 29.4. The molecule has 0 aliphatic carbocycles. The molecule has 9 heteroatoms. The highest BCUT2D eigenvalue weighted by Crippen LogP contribution is 2.40. The first kappa shape index (κ1) is 29.0. The van der Waals surface area contributed by atoms with Gasteiger partial charge in [0.05, 0.1) is 29.9 Å². The van der Waals surface area contributed by atoms with Crippen molar-refractivity contribution in [3.8, 4) is 0 Å². The van der Waals surface area contributed by atoms with Crippen LogP contribution in [0, 0.1) is 5.82 Å². The Morgan fingerprint density at radius 3 is 2.12 bits per heavy atom. The minimum atomic E-state index is -2.93. The van der Waals surface area contributed by atoms with Gasteiger partial charge in [0, 0.05) is 25.7 Å². The summed E-state index contributed by atoms with van der Waals surface area (Å²) in [7, 11) is -1.42. The summed E-state index contributed by atoms with van der Waals surface area (Å²) in [6, 6.07) is 22.5. The zero-order valence-electron chi connectivity index (χ0n) is 24.5. The minimum absolute atomic E-state index is 0.0420. The number of amides is 1. The number of halogens is 1. The molecule has 7 nitrogen and oxygen atoms in total. The largest absolute Gasteiger partial charge is 0.403 e.